The van der Waals surface area contributed by atoms with Crippen molar-refractivity contribution >= 4 is 48.2 Å². The minimum absolute atomic E-state index is 0. The van der Waals surface area contributed by atoms with Crippen molar-refractivity contribution < 1.29 is 18.7 Å². The summed E-state index contributed by atoms with van der Waals surface area (Å²) in [4.78, 5) is 32.8. The molecule has 2 N–H and O–H groups in total. The van der Waals surface area contributed by atoms with Gasteiger partial charge in [-0.05, 0) is 49.8 Å². The lowest BCUT2D eigenvalue weighted by molar-refractivity contribution is -0.146. The van der Waals surface area contributed by atoms with Crippen LogP contribution in [0.3, 0.4) is 0 Å². The summed E-state index contributed by atoms with van der Waals surface area (Å²) in [5, 5.41) is 0.350. The second kappa shape index (κ2) is 14.5. The maximum Gasteiger partial charge on any atom is 0.239 e. The molecule has 38 heavy (non-hydrogen) atoms. The van der Waals surface area contributed by atoms with Crippen LogP contribution in [0.2, 0.25) is 5.02 Å². The summed E-state index contributed by atoms with van der Waals surface area (Å²) in [6.45, 7) is 10.1. The third-order valence-corrected chi connectivity index (χ3v) is 8.23. The van der Waals surface area contributed by atoms with E-state index in [2.05, 4.69) is 18.7 Å². The highest BCUT2D eigenvalue weighted by Gasteiger charge is 2.45. The summed E-state index contributed by atoms with van der Waals surface area (Å²) < 4.78 is 20.6. The van der Waals surface area contributed by atoms with Crippen molar-refractivity contribution in [2.24, 2.45) is 17.6 Å². The largest absolute Gasteiger partial charge is 0.381 e. The molecular formula is C27H42Cl3FN4O3. The molecule has 7 nitrogen and oxygen atoms in total. The van der Waals surface area contributed by atoms with Gasteiger partial charge in [0.2, 0.25) is 11.8 Å². The Balaban J connectivity index is 0.00000253. The first-order valence-electron chi connectivity index (χ1n) is 13.3. The number of nitrogens with two attached hydrogens (primary N) is 1. The fourth-order valence-corrected chi connectivity index (χ4v) is 6.25. The van der Waals surface area contributed by atoms with E-state index in [9.17, 15) is 9.59 Å². The molecule has 1 aromatic carbocycles. The van der Waals surface area contributed by atoms with Gasteiger partial charge in [-0.1, -0.05) is 31.5 Å². The number of halogens is 4. The number of carbonyl (C=O) groups excluding carboxylic acids is 2. The van der Waals surface area contributed by atoms with Crippen molar-refractivity contribution in [2.45, 2.75) is 64.1 Å². The normalized spacial score (nSPS) is 25.6. The van der Waals surface area contributed by atoms with Crippen LogP contribution in [0.5, 0.6) is 0 Å². The molecule has 4 atom stereocenters. The molecule has 0 aliphatic carbocycles. The maximum absolute atomic E-state index is 15.0. The van der Waals surface area contributed by atoms with E-state index in [1.54, 1.807) is 17.0 Å². The average Bonchev–Trinajstić information content (AvgIpc) is 3.28. The second-order valence-electron chi connectivity index (χ2n) is 11.1. The van der Waals surface area contributed by atoms with E-state index >= 15 is 4.39 Å². The summed E-state index contributed by atoms with van der Waals surface area (Å²) >= 11 is 6.02. The molecule has 0 saturated carbocycles. The quantitative estimate of drug-likeness (QED) is 0.539. The van der Waals surface area contributed by atoms with Crippen LogP contribution < -0.4 is 5.73 Å². The molecule has 1 aromatic rings. The molecule has 0 aromatic heterocycles. The summed E-state index contributed by atoms with van der Waals surface area (Å²) in [5.74, 6) is -0.622. The smallest absolute Gasteiger partial charge is 0.239 e. The van der Waals surface area contributed by atoms with Gasteiger partial charge in [-0.2, -0.15) is 0 Å². The molecule has 0 unspecified atom stereocenters. The van der Waals surface area contributed by atoms with Crippen LogP contribution in [0.1, 0.15) is 51.5 Å². The van der Waals surface area contributed by atoms with Gasteiger partial charge in [0.1, 0.15) is 5.82 Å². The lowest BCUT2D eigenvalue weighted by Gasteiger charge is -2.42. The summed E-state index contributed by atoms with van der Waals surface area (Å²) in [7, 11) is 0. The van der Waals surface area contributed by atoms with Crippen LogP contribution in [-0.2, 0) is 14.3 Å². The van der Waals surface area contributed by atoms with Crippen LogP contribution in [0.25, 0.3) is 0 Å². The van der Waals surface area contributed by atoms with E-state index in [1.165, 1.54) is 6.07 Å². The second-order valence-corrected chi connectivity index (χ2v) is 11.5. The molecule has 3 fully saturated rings. The van der Waals surface area contributed by atoms with Crippen LogP contribution in [-0.4, -0.2) is 90.6 Å². The number of rotatable bonds is 6. The van der Waals surface area contributed by atoms with Gasteiger partial charge in [0.25, 0.3) is 0 Å². The molecule has 0 bridgehead atoms. The van der Waals surface area contributed by atoms with Gasteiger partial charge in [0.15, 0.2) is 0 Å². The van der Waals surface area contributed by atoms with E-state index in [4.69, 9.17) is 22.1 Å². The SMILES string of the molecule is CC(C)C[C@H](N)C(=O)N1CCN(C(=O)[C@@H]2CN(C3CCOCC3)C[C@H]2c2ccc(Cl)cc2F)[C@@H](C)C1.Cl.Cl. The zero-order valence-corrected chi connectivity index (χ0v) is 24.9. The predicted molar refractivity (Wildman–Crippen MR) is 153 cm³/mol. The predicted octanol–water partition coefficient (Wildman–Crippen LogP) is 3.95. The molecule has 0 spiro atoms. The van der Waals surface area contributed by atoms with Crippen molar-refractivity contribution in [3.63, 3.8) is 0 Å². The van der Waals surface area contributed by atoms with Gasteiger partial charge in [0, 0.05) is 69.0 Å². The number of carbonyl (C=O) groups is 2. The highest BCUT2D eigenvalue weighted by Crippen LogP contribution is 2.38. The minimum atomic E-state index is -0.514. The fraction of sp³-hybridized carbons (Fsp3) is 0.704. The van der Waals surface area contributed by atoms with Crippen molar-refractivity contribution in [1.29, 1.82) is 0 Å². The fourth-order valence-electron chi connectivity index (χ4n) is 6.09. The van der Waals surface area contributed by atoms with Crippen molar-refractivity contribution in [3.8, 4) is 0 Å². The third-order valence-electron chi connectivity index (χ3n) is 8.00. The molecule has 0 radical (unpaired) electrons. The molecular weight excluding hydrogens is 554 g/mol. The van der Waals surface area contributed by atoms with E-state index in [0.29, 0.717) is 74.9 Å². The van der Waals surface area contributed by atoms with Crippen LogP contribution in [0.4, 0.5) is 4.39 Å². The van der Waals surface area contributed by atoms with E-state index in [0.717, 1.165) is 12.8 Å². The average molecular weight is 596 g/mol. The van der Waals surface area contributed by atoms with E-state index in [1.807, 2.05) is 11.8 Å². The van der Waals surface area contributed by atoms with Crippen molar-refractivity contribution in [3.05, 3.63) is 34.6 Å². The number of piperazine rings is 1. The van der Waals surface area contributed by atoms with Crippen LogP contribution in [0.15, 0.2) is 18.2 Å². The molecule has 3 heterocycles. The lowest BCUT2D eigenvalue weighted by Crippen LogP contribution is -2.59. The van der Waals surface area contributed by atoms with E-state index in [-0.39, 0.29) is 60.3 Å². The number of ether oxygens (including phenoxy) is 1. The number of nitrogens with zero attached hydrogens (tertiary/aromatic N) is 3. The number of hydrogen-bond donors (Lipinski definition) is 1. The molecule has 3 aliphatic heterocycles. The Morgan fingerprint density at radius 3 is 2.42 bits per heavy atom. The Morgan fingerprint density at radius 2 is 1.82 bits per heavy atom. The number of benzene rings is 1. The zero-order valence-electron chi connectivity index (χ0n) is 22.5. The van der Waals surface area contributed by atoms with Crippen molar-refractivity contribution in [1.82, 2.24) is 14.7 Å². The molecule has 11 heteroatoms. The highest BCUT2D eigenvalue weighted by molar-refractivity contribution is 6.30. The maximum atomic E-state index is 15.0. The van der Waals surface area contributed by atoms with Crippen LogP contribution >= 0.6 is 36.4 Å². The summed E-state index contributed by atoms with van der Waals surface area (Å²) in [6, 6.07) is 4.46. The van der Waals surface area contributed by atoms with Crippen LogP contribution in [0, 0.1) is 17.7 Å². The van der Waals surface area contributed by atoms with Gasteiger partial charge in [-0.15, -0.1) is 24.8 Å². The Bertz CT molecular complexity index is 950. The first-order chi connectivity index (χ1) is 17.2. The number of amides is 2. The summed E-state index contributed by atoms with van der Waals surface area (Å²) in [5.41, 5.74) is 6.70. The van der Waals surface area contributed by atoms with Gasteiger partial charge in [-0.25, -0.2) is 4.39 Å². The lowest BCUT2D eigenvalue weighted by atomic mass is 9.87. The highest BCUT2D eigenvalue weighted by atomic mass is 35.5. The third kappa shape index (κ3) is 7.52. The Kier molecular flexibility index (Phi) is 12.6. The monoisotopic (exact) mass is 594 g/mol. The number of likely N-dealkylation sites (tertiary alicyclic amines) is 1. The summed E-state index contributed by atoms with van der Waals surface area (Å²) in [6.07, 6.45) is 2.49. The Morgan fingerprint density at radius 1 is 1.13 bits per heavy atom. The first kappa shape index (κ1) is 33.0. The first-order valence-corrected chi connectivity index (χ1v) is 13.6. The zero-order chi connectivity index (χ0) is 26.0. The molecule has 216 valence electrons. The molecule has 3 aliphatic rings. The van der Waals surface area contributed by atoms with Gasteiger partial charge in [-0.3, -0.25) is 14.5 Å². The Hall–Kier alpha value is -1.16. The standard InChI is InChI=1S/C27H40ClFN4O3.2ClH/c1-17(2)12-25(30)27(35)31-8-9-33(18(3)14-31)26(34)23-16-32(20-6-10-36-11-7-20)15-22(23)21-5-4-19(28)13-24(21)29;;/h4-5,13,17-18,20,22-23,25H,6-12,14-16,30H2,1-3H3;2*1H/t18-,22-,23+,25-;;/m0../s1. The van der Waals surface area contributed by atoms with Gasteiger partial charge in [0.05, 0.1) is 12.0 Å². The van der Waals surface area contributed by atoms with Crippen molar-refractivity contribution in [2.75, 3.05) is 45.9 Å². The van der Waals surface area contributed by atoms with Gasteiger partial charge < -0.3 is 20.3 Å². The molecule has 4 rings (SSSR count). The molecule has 2 amide bonds. The minimum Gasteiger partial charge on any atom is -0.381 e. The number of hydrogen-bond acceptors (Lipinski definition) is 5. The molecule has 3 saturated heterocycles. The topological polar surface area (TPSA) is 79.1 Å². The van der Waals surface area contributed by atoms with E-state index < -0.39 is 6.04 Å². The Labute approximate surface area is 243 Å². The van der Waals surface area contributed by atoms with Gasteiger partial charge >= 0.3 is 0 Å².